The number of methoxy groups -OCH3 is 1. The molecule has 33 heavy (non-hydrogen) atoms. The van der Waals surface area contributed by atoms with Crippen molar-refractivity contribution in [3.05, 3.63) is 90.0 Å². The van der Waals surface area contributed by atoms with Gasteiger partial charge in [-0.25, -0.2) is 8.42 Å². The summed E-state index contributed by atoms with van der Waals surface area (Å²) in [4.78, 5) is 0.113. The molecule has 172 valence electrons. The van der Waals surface area contributed by atoms with Crippen LogP contribution in [0.1, 0.15) is 23.6 Å². The Kier molecular flexibility index (Phi) is 6.13. The Morgan fingerprint density at radius 2 is 1.55 bits per heavy atom. The van der Waals surface area contributed by atoms with Gasteiger partial charge in [0.25, 0.3) is 10.0 Å². The largest absolute Gasteiger partial charge is 0.497 e. The maximum Gasteiger partial charge on any atom is 0.279 e. The highest BCUT2D eigenvalue weighted by atomic mass is 32.2. The number of anilines is 1. The first-order valence-electron chi connectivity index (χ1n) is 10.1. The van der Waals surface area contributed by atoms with Crippen LogP contribution in [0, 0.1) is 0 Å². The monoisotopic (exact) mass is 485 g/mol. The molecule has 0 bridgehead atoms. The number of hydrazone groups is 1. The molecule has 0 saturated carbocycles. The standard InChI is InChI=1S/C23H23N3O5S2/c1-31-20-12-14-21(15-13-20)33(29,30)26-23(18-6-4-3-5-7-18)16-22(24-26)17-8-10-19(11-9-17)25-32(2,27)28/h3-15,23,25H,16H2,1-2H3/t23-/m0/s1. The minimum absolute atomic E-state index is 0.113. The normalized spacial score (nSPS) is 16.4. The van der Waals surface area contributed by atoms with Gasteiger partial charge in [-0.3, -0.25) is 4.72 Å². The molecule has 1 aliphatic heterocycles. The zero-order valence-electron chi connectivity index (χ0n) is 18.0. The van der Waals surface area contributed by atoms with Crippen LogP contribution in [0.2, 0.25) is 0 Å². The van der Waals surface area contributed by atoms with E-state index >= 15 is 0 Å². The topological polar surface area (TPSA) is 105 Å². The van der Waals surface area contributed by atoms with Crippen molar-refractivity contribution >= 4 is 31.4 Å². The number of nitrogens with zero attached hydrogens (tertiary/aromatic N) is 2. The summed E-state index contributed by atoms with van der Waals surface area (Å²) >= 11 is 0. The van der Waals surface area contributed by atoms with E-state index in [2.05, 4.69) is 9.82 Å². The van der Waals surface area contributed by atoms with Crippen LogP contribution in [0.15, 0.2) is 88.9 Å². The average Bonchev–Trinajstić information content (AvgIpc) is 3.26. The van der Waals surface area contributed by atoms with Crippen LogP contribution >= 0.6 is 0 Å². The molecule has 1 aliphatic rings. The molecule has 4 rings (SSSR count). The molecular formula is C23H23N3O5S2. The van der Waals surface area contributed by atoms with Crippen molar-refractivity contribution in [1.82, 2.24) is 4.41 Å². The molecule has 1 atom stereocenters. The van der Waals surface area contributed by atoms with Crippen LogP contribution < -0.4 is 9.46 Å². The van der Waals surface area contributed by atoms with Crippen LogP contribution in [0.5, 0.6) is 5.75 Å². The van der Waals surface area contributed by atoms with Gasteiger partial charge in [-0.2, -0.15) is 17.9 Å². The van der Waals surface area contributed by atoms with Crippen molar-refractivity contribution in [2.45, 2.75) is 17.4 Å². The van der Waals surface area contributed by atoms with E-state index in [4.69, 9.17) is 4.74 Å². The molecule has 0 spiro atoms. The molecule has 3 aromatic carbocycles. The molecule has 3 aromatic rings. The third-order valence-corrected chi connectivity index (χ3v) is 7.48. The number of sulfonamides is 2. The SMILES string of the molecule is COc1ccc(S(=O)(=O)N2N=C(c3ccc(NS(C)(=O)=O)cc3)C[C@H]2c2ccccc2)cc1. The van der Waals surface area contributed by atoms with Crippen LogP contribution in [-0.2, 0) is 20.0 Å². The molecule has 8 nitrogen and oxygen atoms in total. The molecule has 0 amide bonds. The summed E-state index contributed by atoms with van der Waals surface area (Å²) in [7, 11) is -5.81. The van der Waals surface area contributed by atoms with E-state index in [1.807, 2.05) is 30.3 Å². The van der Waals surface area contributed by atoms with E-state index in [1.165, 1.54) is 19.2 Å². The summed E-state index contributed by atoms with van der Waals surface area (Å²) in [6.45, 7) is 0. The van der Waals surface area contributed by atoms with E-state index in [1.54, 1.807) is 36.4 Å². The Morgan fingerprint density at radius 3 is 2.12 bits per heavy atom. The molecule has 0 radical (unpaired) electrons. The number of hydrogen-bond acceptors (Lipinski definition) is 6. The van der Waals surface area contributed by atoms with E-state index in [0.717, 1.165) is 16.2 Å². The van der Waals surface area contributed by atoms with Gasteiger partial charge >= 0.3 is 0 Å². The molecule has 0 aromatic heterocycles. The fourth-order valence-corrected chi connectivity index (χ4v) is 5.61. The molecule has 1 heterocycles. The third-order valence-electron chi connectivity index (χ3n) is 5.18. The second-order valence-electron chi connectivity index (χ2n) is 7.58. The lowest BCUT2D eigenvalue weighted by Crippen LogP contribution is -2.27. The number of rotatable bonds is 7. The Labute approximate surface area is 193 Å². The minimum atomic E-state index is -3.94. The van der Waals surface area contributed by atoms with Crippen molar-refractivity contribution in [2.24, 2.45) is 5.10 Å². The third kappa shape index (κ3) is 5.01. The Morgan fingerprint density at radius 1 is 0.909 bits per heavy atom. The summed E-state index contributed by atoms with van der Waals surface area (Å²) in [6.07, 6.45) is 1.45. The first kappa shape index (κ1) is 22.8. The van der Waals surface area contributed by atoms with Gasteiger partial charge in [-0.05, 0) is 47.5 Å². The van der Waals surface area contributed by atoms with Crippen LogP contribution in [0.4, 0.5) is 5.69 Å². The maximum atomic E-state index is 13.5. The lowest BCUT2D eigenvalue weighted by molar-refractivity contribution is 0.371. The minimum Gasteiger partial charge on any atom is -0.497 e. The van der Waals surface area contributed by atoms with Gasteiger partial charge in [0.15, 0.2) is 0 Å². The molecule has 0 fully saturated rings. The number of hydrogen-bond donors (Lipinski definition) is 1. The molecule has 0 unspecified atom stereocenters. The lowest BCUT2D eigenvalue weighted by Gasteiger charge is -2.23. The van der Waals surface area contributed by atoms with E-state index in [9.17, 15) is 16.8 Å². The zero-order valence-corrected chi connectivity index (χ0v) is 19.7. The first-order chi connectivity index (χ1) is 15.7. The van der Waals surface area contributed by atoms with Gasteiger partial charge in [-0.1, -0.05) is 42.5 Å². The number of nitrogens with one attached hydrogen (secondary N) is 1. The molecule has 0 saturated heterocycles. The van der Waals surface area contributed by atoms with E-state index in [0.29, 0.717) is 29.1 Å². The van der Waals surface area contributed by atoms with Crippen molar-refractivity contribution in [3.8, 4) is 5.75 Å². The van der Waals surface area contributed by atoms with E-state index < -0.39 is 26.1 Å². The quantitative estimate of drug-likeness (QED) is 0.550. The van der Waals surface area contributed by atoms with Crippen molar-refractivity contribution in [2.75, 3.05) is 18.1 Å². The van der Waals surface area contributed by atoms with Crippen LogP contribution in [0.25, 0.3) is 0 Å². The Bertz CT molecular complexity index is 1370. The molecular weight excluding hydrogens is 462 g/mol. The van der Waals surface area contributed by atoms with Crippen molar-refractivity contribution < 1.29 is 21.6 Å². The molecule has 1 N–H and O–H groups in total. The van der Waals surface area contributed by atoms with Crippen molar-refractivity contribution in [3.63, 3.8) is 0 Å². The Hall–Kier alpha value is -3.37. The molecule has 10 heteroatoms. The van der Waals surface area contributed by atoms with Gasteiger partial charge < -0.3 is 4.74 Å². The first-order valence-corrected chi connectivity index (χ1v) is 13.4. The van der Waals surface area contributed by atoms with Crippen LogP contribution in [-0.4, -0.2) is 40.3 Å². The predicted octanol–water partition coefficient (Wildman–Crippen LogP) is 3.61. The summed E-state index contributed by atoms with van der Waals surface area (Å²) in [5.74, 6) is 0.557. The van der Waals surface area contributed by atoms with Gasteiger partial charge in [0.1, 0.15) is 5.75 Å². The average molecular weight is 486 g/mol. The van der Waals surface area contributed by atoms with Crippen molar-refractivity contribution in [1.29, 1.82) is 0 Å². The van der Waals surface area contributed by atoms with Crippen LogP contribution in [0.3, 0.4) is 0 Å². The number of ether oxygens (including phenoxy) is 1. The second kappa shape index (κ2) is 8.87. The fraction of sp³-hybridized carbons (Fsp3) is 0.174. The van der Waals surface area contributed by atoms with Gasteiger partial charge in [0, 0.05) is 12.1 Å². The highest BCUT2D eigenvalue weighted by molar-refractivity contribution is 7.92. The van der Waals surface area contributed by atoms with Gasteiger partial charge in [0.2, 0.25) is 10.0 Å². The summed E-state index contributed by atoms with van der Waals surface area (Å²) in [5, 5.41) is 4.50. The van der Waals surface area contributed by atoms with Gasteiger partial charge in [0.05, 0.1) is 30.0 Å². The summed E-state index contributed by atoms with van der Waals surface area (Å²) < 4.78 is 58.6. The highest BCUT2D eigenvalue weighted by Gasteiger charge is 2.37. The fourth-order valence-electron chi connectivity index (χ4n) is 3.61. The smallest absolute Gasteiger partial charge is 0.279 e. The number of benzene rings is 3. The Balaban J connectivity index is 1.72. The molecule has 0 aliphatic carbocycles. The second-order valence-corrected chi connectivity index (χ2v) is 11.1. The zero-order chi connectivity index (χ0) is 23.6. The van der Waals surface area contributed by atoms with E-state index in [-0.39, 0.29) is 4.90 Å². The highest BCUT2D eigenvalue weighted by Crippen LogP contribution is 2.37. The van der Waals surface area contributed by atoms with Gasteiger partial charge in [-0.15, -0.1) is 0 Å². The lowest BCUT2D eigenvalue weighted by atomic mass is 9.99. The summed E-state index contributed by atoms with van der Waals surface area (Å²) in [5.41, 5.74) is 2.54. The maximum absolute atomic E-state index is 13.5. The predicted molar refractivity (Wildman–Crippen MR) is 127 cm³/mol. The summed E-state index contributed by atoms with van der Waals surface area (Å²) in [6, 6.07) is 21.7.